The summed E-state index contributed by atoms with van der Waals surface area (Å²) in [5.41, 5.74) is 8.46. The summed E-state index contributed by atoms with van der Waals surface area (Å²) in [5, 5.41) is 115. The summed E-state index contributed by atoms with van der Waals surface area (Å²) in [7, 11) is 2.93. The predicted octanol–water partition coefficient (Wildman–Crippen LogP) is 5.34. The third kappa shape index (κ3) is 10.5. The largest absolute Gasteiger partial charge is 0.508 e. The van der Waals surface area contributed by atoms with Crippen molar-refractivity contribution in [2.24, 2.45) is 110 Å². The normalized spacial score (nSPS) is 44.9. The number of aromatic amines is 1. The zero-order valence-electron chi connectivity index (χ0n) is 50.9. The van der Waals surface area contributed by atoms with Crippen LogP contribution in [0.5, 0.6) is 5.75 Å². The second-order valence-corrected chi connectivity index (χ2v) is 31.2. The molecule has 12 rings (SSSR count). The molecule has 0 amide bonds. The third-order valence-electron chi connectivity index (χ3n) is 24.2. The molecule has 6 bridgehead atoms. The van der Waals surface area contributed by atoms with Crippen molar-refractivity contribution >= 4 is 45.1 Å². The summed E-state index contributed by atoms with van der Waals surface area (Å²) in [5.74, 6) is -1.30. The first-order valence-corrected chi connectivity index (χ1v) is 34.8. The van der Waals surface area contributed by atoms with Gasteiger partial charge in [0.1, 0.15) is 17.9 Å². The van der Waals surface area contributed by atoms with Gasteiger partial charge in [-0.25, -0.2) is 0 Å². The van der Waals surface area contributed by atoms with Crippen LogP contribution >= 0.6 is 21.6 Å². The van der Waals surface area contributed by atoms with Gasteiger partial charge in [-0.2, -0.15) is 0 Å². The number of aliphatic hydroxyl groups excluding tert-OH is 5. The highest BCUT2D eigenvalue weighted by Gasteiger charge is 2.75. The Morgan fingerprint density at radius 2 is 1.72 bits per heavy atom. The van der Waals surface area contributed by atoms with Gasteiger partial charge in [0.25, 0.3) is 0 Å². The SMILES string of the molecule is CC[C@@H]1OC(=O)[C@@H](c2cc[nH]c2)[C@@H]1[C@@H]1C#CC[C@H]2C[C@@]3(O)C4=C5N[C@H](CO)C(=O)C[C@@H](c6ccc(O)cc6)CSSC[C@@H]6[C@@H](O)[C@@H](O)C[C@@](C)([C@@H]6C5=O)[C@H]4CC[C@]3(CCN=C(N)N)[C@H]2[C@@](C)(O)[C@H](O)C[C@@H](C(O)O)[C@@H]2[C@@H]3C=C[C@H]1[C@H]2[C@H]1C[C@@H](C)CCC1=C3. The first kappa shape index (κ1) is 63.5. The highest BCUT2D eigenvalue weighted by atomic mass is 33.1. The predicted molar refractivity (Wildman–Crippen MR) is 334 cm³/mol. The van der Waals surface area contributed by atoms with E-state index >= 15 is 4.79 Å². The number of rotatable bonds is 9. The molecule has 3 heterocycles. The smallest absolute Gasteiger partial charge is 0.314 e. The number of ether oxygens (including phenoxy) is 1. The number of fused-ring (bicyclic) bond motifs is 8. The number of phenols is 1. The number of H-pyrrole nitrogens is 1. The number of Topliss-reactive ketones (excluding diaryl/α,β-unsaturated/α-hetero) is 2. The molecule has 15 N–H and O–H groups in total. The van der Waals surface area contributed by atoms with Crippen LogP contribution in [0.4, 0.5) is 0 Å². The molecule has 8 aliphatic carbocycles. The number of benzene rings is 1. The van der Waals surface area contributed by atoms with Gasteiger partial charge in [0, 0.05) is 90.1 Å². The molecule has 2 aromatic rings. The highest BCUT2D eigenvalue weighted by molar-refractivity contribution is 8.76. The minimum Gasteiger partial charge on any atom is -0.508 e. The molecule has 18 nitrogen and oxygen atoms in total. The first-order valence-electron chi connectivity index (χ1n) is 32.3. The maximum absolute atomic E-state index is 16.3. The van der Waals surface area contributed by atoms with Crippen LogP contribution in [0.3, 0.4) is 0 Å². The van der Waals surface area contributed by atoms with Gasteiger partial charge in [0.05, 0.1) is 47.7 Å². The Balaban J connectivity index is 1.06. The molecule has 0 spiro atoms. The van der Waals surface area contributed by atoms with Gasteiger partial charge in [0.15, 0.2) is 23.8 Å². The molecular weight excluding hydrogens is 1160 g/mol. The van der Waals surface area contributed by atoms with E-state index in [2.05, 4.69) is 52.3 Å². The van der Waals surface area contributed by atoms with Crippen molar-refractivity contribution in [2.75, 3.05) is 24.7 Å². The van der Waals surface area contributed by atoms with E-state index < -0.39 is 142 Å². The number of nitrogens with two attached hydrogens (primary N) is 2. The fourth-order valence-electron chi connectivity index (χ4n) is 20.5. The fourth-order valence-corrected chi connectivity index (χ4v) is 23.2. The van der Waals surface area contributed by atoms with Crippen LogP contribution in [0.1, 0.15) is 128 Å². The number of guanidine groups is 1. The number of hydrogen-bond acceptors (Lipinski definition) is 17. The van der Waals surface area contributed by atoms with Gasteiger partial charge in [-0.05, 0) is 159 Å². The van der Waals surface area contributed by atoms with Crippen molar-refractivity contribution in [2.45, 2.75) is 165 Å². The van der Waals surface area contributed by atoms with E-state index in [1.165, 1.54) is 27.2 Å². The minimum atomic E-state index is -2.13. The number of phenolic OH excluding ortho intramolecular Hbond substituents is 1. The average molecular weight is 1250 g/mol. The Kier molecular flexibility index (Phi) is 17.6. The number of aromatic hydroxyl groups is 1. The van der Waals surface area contributed by atoms with Gasteiger partial charge in [-0.3, -0.25) is 19.4 Å². The van der Waals surface area contributed by atoms with Gasteiger partial charge in [-0.15, -0.1) is 5.92 Å². The maximum Gasteiger partial charge on any atom is 0.314 e. The van der Waals surface area contributed by atoms with Crippen molar-refractivity contribution < 1.29 is 65.1 Å². The van der Waals surface area contributed by atoms with E-state index in [0.717, 1.165) is 30.4 Å². The van der Waals surface area contributed by atoms with Crippen LogP contribution in [0.2, 0.25) is 0 Å². The lowest BCUT2D eigenvalue weighted by atomic mass is 9.43. The summed E-state index contributed by atoms with van der Waals surface area (Å²) in [6, 6.07) is 7.15. The molecule has 0 radical (unpaired) electrons. The van der Waals surface area contributed by atoms with E-state index in [0.29, 0.717) is 18.1 Å². The van der Waals surface area contributed by atoms with Crippen LogP contribution in [0.25, 0.3) is 0 Å². The van der Waals surface area contributed by atoms with Crippen LogP contribution in [0.15, 0.2) is 82.8 Å². The molecule has 2 aliphatic heterocycles. The molecular formula is C68H91N5O13S2. The van der Waals surface area contributed by atoms with E-state index in [-0.39, 0.29) is 116 Å². The Morgan fingerprint density at radius 1 is 0.955 bits per heavy atom. The highest BCUT2D eigenvalue weighted by Crippen LogP contribution is 2.73. The Morgan fingerprint density at radius 3 is 2.42 bits per heavy atom. The minimum absolute atomic E-state index is 0.00513. The summed E-state index contributed by atoms with van der Waals surface area (Å²) in [4.78, 5) is 53.3. The zero-order valence-corrected chi connectivity index (χ0v) is 52.5. The molecule has 478 valence electrons. The molecule has 10 aliphatic rings. The summed E-state index contributed by atoms with van der Waals surface area (Å²) in [6.07, 6.45) is 7.04. The summed E-state index contributed by atoms with van der Waals surface area (Å²) >= 11 is 0. The number of carbonyl (C=O) groups excluding carboxylic acids is 3. The number of esters is 1. The van der Waals surface area contributed by atoms with E-state index in [4.69, 9.17) is 16.2 Å². The Labute approximate surface area is 523 Å². The van der Waals surface area contributed by atoms with Crippen LogP contribution in [0, 0.1) is 106 Å². The maximum atomic E-state index is 16.3. The van der Waals surface area contributed by atoms with E-state index in [1.807, 2.05) is 26.1 Å². The molecule has 0 unspecified atom stereocenters. The molecule has 88 heavy (non-hydrogen) atoms. The standard InChI is InChI=1S/C68H91N5O13S2/c1-5-50-55(53(63(83)86-50)38-18-21-71-29-38)41-8-6-7-37-27-68(85)57-46(65(3)28-49(77)59(79)45-32-88-87-31-39(34-11-14-40(75)15-12-34)25-48(76)47(30-74)73-58(57)60(80)56(45)65)17-19-67(68,20-22-72-64(69)70)61(37)66(4,84)51(78)26-44(62(81)82)52-36-13-16-42(41)54(52)43-23-33(2)9-10-35(43)24-36/h11-16,18,21,24,29,33,36-37,39,41-47,49-56,59,61-62,71,73-75,77-79,81-82,84-85H,5,7,9-10,17,19-20,22-23,25-28,30-32H2,1-4H3,(H4,69,70,72)/t33-,36+,37-,39+,41+,42+,43-,44+,45-,46-,47+,49-,50-,51+,52-,53-,54-,55+,56-,59+,61+,65+,66-,67-,68+/m0/s1. The van der Waals surface area contributed by atoms with Crippen molar-refractivity contribution in [3.8, 4) is 17.6 Å². The van der Waals surface area contributed by atoms with Crippen LogP contribution in [-0.2, 0) is 19.1 Å². The van der Waals surface area contributed by atoms with E-state index in [9.17, 15) is 55.5 Å². The topological polar surface area (TPSA) is 335 Å². The van der Waals surface area contributed by atoms with Gasteiger partial charge in [-0.1, -0.05) is 84.2 Å². The van der Waals surface area contributed by atoms with E-state index in [1.54, 1.807) is 37.4 Å². The summed E-state index contributed by atoms with van der Waals surface area (Å²) < 4.78 is 6.35. The number of hydrogen-bond donors (Lipinski definition) is 13. The van der Waals surface area contributed by atoms with Gasteiger partial charge in [0.2, 0.25) is 0 Å². The number of aromatic nitrogens is 1. The Hall–Kier alpha value is -4.66. The number of aliphatic imine (C=N–C) groups is 1. The van der Waals surface area contributed by atoms with Crippen LogP contribution in [-0.4, -0.2) is 147 Å². The van der Waals surface area contributed by atoms with Crippen molar-refractivity contribution in [3.63, 3.8) is 0 Å². The van der Waals surface area contributed by atoms with Gasteiger partial charge >= 0.3 is 5.97 Å². The molecule has 1 aromatic carbocycles. The quantitative estimate of drug-likeness (QED) is 0.0287. The van der Waals surface area contributed by atoms with Crippen molar-refractivity contribution in [1.82, 2.24) is 10.3 Å². The number of cyclic esters (lactones) is 1. The molecule has 4 saturated carbocycles. The average Bonchev–Trinajstić information content (AvgIpc) is 1.36. The molecule has 2 saturated heterocycles. The lowest BCUT2D eigenvalue weighted by molar-refractivity contribution is -0.201. The molecule has 6 fully saturated rings. The monoisotopic (exact) mass is 1250 g/mol. The third-order valence-corrected chi connectivity index (χ3v) is 26.7. The number of nitrogens with one attached hydrogen (secondary N) is 2. The van der Waals surface area contributed by atoms with Crippen molar-refractivity contribution in [3.05, 3.63) is 88.9 Å². The van der Waals surface area contributed by atoms with Gasteiger partial charge < -0.3 is 72.5 Å². The number of carbonyl (C=O) groups is 3. The summed E-state index contributed by atoms with van der Waals surface area (Å²) in [6.45, 7) is 7.00. The first-order chi connectivity index (χ1) is 42.0. The number of allylic oxidation sites excluding steroid dienone is 5. The molecule has 1 aromatic heterocycles. The zero-order chi connectivity index (χ0) is 62.5. The van der Waals surface area contributed by atoms with Crippen LogP contribution < -0.4 is 16.8 Å². The van der Waals surface area contributed by atoms with Crippen molar-refractivity contribution in [1.29, 1.82) is 0 Å². The second kappa shape index (κ2) is 24.4. The lowest BCUT2D eigenvalue weighted by Gasteiger charge is -2.63. The molecule has 25 atom stereocenters. The number of nitrogens with zero attached hydrogens (tertiary/aromatic N) is 1. The Bertz CT molecular complexity index is 3160. The lowest BCUT2D eigenvalue weighted by Crippen LogP contribution is -2.67. The number of ketones is 2. The fraction of sp³-hybridized carbons (Fsp3) is 0.676. The number of aliphatic hydroxyl groups is 8. The second-order valence-electron chi connectivity index (χ2n) is 28.7. The molecule has 20 heteroatoms.